The van der Waals surface area contributed by atoms with Gasteiger partial charge in [-0.3, -0.25) is 4.79 Å². The molecule has 6 nitrogen and oxygen atoms in total. The molecule has 0 spiro atoms. The van der Waals surface area contributed by atoms with Gasteiger partial charge in [0.15, 0.2) is 0 Å². The zero-order chi connectivity index (χ0) is 17.8. The number of rotatable bonds is 3. The van der Waals surface area contributed by atoms with Crippen molar-refractivity contribution in [3.05, 3.63) is 29.8 Å². The molecule has 1 saturated carbocycles. The lowest BCUT2D eigenvalue weighted by Gasteiger charge is -2.34. The summed E-state index contributed by atoms with van der Waals surface area (Å²) in [4.78, 5) is 36.4. The van der Waals surface area contributed by atoms with E-state index in [0.717, 1.165) is 0 Å². The molecule has 1 saturated heterocycles. The van der Waals surface area contributed by atoms with E-state index in [0.29, 0.717) is 18.4 Å². The summed E-state index contributed by atoms with van der Waals surface area (Å²) >= 11 is 0. The van der Waals surface area contributed by atoms with Crippen LogP contribution in [0.25, 0.3) is 0 Å². The predicted octanol–water partition coefficient (Wildman–Crippen LogP) is 2.50. The molecular weight excluding hydrogens is 312 g/mol. The fourth-order valence-corrected chi connectivity index (χ4v) is 3.67. The van der Waals surface area contributed by atoms with Gasteiger partial charge in [-0.15, -0.1) is 0 Å². The Morgan fingerprint density at radius 3 is 2.17 bits per heavy atom. The van der Waals surface area contributed by atoms with Crippen molar-refractivity contribution in [2.75, 3.05) is 7.11 Å². The van der Waals surface area contributed by atoms with E-state index in [2.05, 4.69) is 4.74 Å². The highest BCUT2D eigenvalue weighted by atomic mass is 16.6. The Morgan fingerprint density at radius 1 is 1.08 bits per heavy atom. The summed E-state index contributed by atoms with van der Waals surface area (Å²) in [5.74, 6) is -1.11. The minimum atomic E-state index is -1.26. The van der Waals surface area contributed by atoms with Crippen molar-refractivity contribution in [1.29, 1.82) is 0 Å². The molecule has 0 radical (unpaired) electrons. The summed E-state index contributed by atoms with van der Waals surface area (Å²) in [6, 6.07) is 6.05. The molecule has 2 fully saturated rings. The Kier molecular flexibility index (Phi) is 3.48. The van der Waals surface area contributed by atoms with Crippen molar-refractivity contribution in [1.82, 2.24) is 0 Å². The molecule has 1 aromatic carbocycles. The molecule has 128 valence electrons. The van der Waals surface area contributed by atoms with E-state index >= 15 is 0 Å². The van der Waals surface area contributed by atoms with Crippen LogP contribution in [0.5, 0.6) is 5.75 Å². The van der Waals surface area contributed by atoms with Crippen LogP contribution in [0.1, 0.15) is 44.0 Å². The van der Waals surface area contributed by atoms with Crippen molar-refractivity contribution in [3.8, 4) is 5.75 Å². The van der Waals surface area contributed by atoms with Crippen molar-refractivity contribution in [2.24, 2.45) is 10.8 Å². The second-order valence-electron chi connectivity index (χ2n) is 7.08. The lowest BCUT2D eigenvalue weighted by atomic mass is 9.66. The molecule has 2 aliphatic rings. The Morgan fingerprint density at radius 2 is 1.71 bits per heavy atom. The average Bonchev–Trinajstić information content (AvgIpc) is 2.85. The van der Waals surface area contributed by atoms with Crippen LogP contribution in [0.2, 0.25) is 0 Å². The molecule has 0 unspecified atom stereocenters. The molecule has 1 aliphatic carbocycles. The fourth-order valence-electron chi connectivity index (χ4n) is 3.67. The van der Waals surface area contributed by atoms with Gasteiger partial charge in [0.05, 0.1) is 18.1 Å². The number of hydrogen-bond donors (Lipinski definition) is 0. The van der Waals surface area contributed by atoms with Crippen molar-refractivity contribution in [2.45, 2.75) is 39.2 Å². The van der Waals surface area contributed by atoms with Crippen LogP contribution in [-0.2, 0) is 19.1 Å². The molecule has 0 aromatic heterocycles. The van der Waals surface area contributed by atoms with E-state index < -0.39 is 28.4 Å². The van der Waals surface area contributed by atoms with E-state index in [-0.39, 0.29) is 11.7 Å². The molecule has 1 aliphatic heterocycles. The average molecular weight is 332 g/mol. The summed E-state index contributed by atoms with van der Waals surface area (Å²) in [6.45, 7) is 5.57. The highest BCUT2D eigenvalue weighted by Crippen LogP contribution is 2.65. The van der Waals surface area contributed by atoms with Gasteiger partial charge < -0.3 is 14.2 Å². The highest BCUT2D eigenvalue weighted by molar-refractivity contribution is 5.94. The number of carbonyl (C=O) groups is 3. The normalized spacial score (nSPS) is 29.9. The first kappa shape index (κ1) is 16.5. The number of hydrogen-bond acceptors (Lipinski definition) is 6. The third-order valence-electron chi connectivity index (χ3n) is 5.90. The molecule has 2 bridgehead atoms. The van der Waals surface area contributed by atoms with Gasteiger partial charge in [0.1, 0.15) is 5.75 Å². The lowest BCUT2D eigenvalue weighted by Crippen LogP contribution is -2.50. The Labute approximate surface area is 140 Å². The fraction of sp³-hybridized carbons (Fsp3) is 0.500. The van der Waals surface area contributed by atoms with Crippen molar-refractivity contribution < 1.29 is 28.6 Å². The first-order chi connectivity index (χ1) is 11.2. The molecular formula is C18H20O6. The minimum Gasteiger partial charge on any atom is -0.465 e. The van der Waals surface area contributed by atoms with Crippen LogP contribution in [0, 0.1) is 10.8 Å². The third-order valence-corrected chi connectivity index (χ3v) is 5.90. The van der Waals surface area contributed by atoms with Crippen molar-refractivity contribution in [3.63, 3.8) is 0 Å². The van der Waals surface area contributed by atoms with Crippen LogP contribution < -0.4 is 4.74 Å². The molecule has 2 atom stereocenters. The molecule has 0 amide bonds. The minimum absolute atomic E-state index is 0.286. The predicted molar refractivity (Wildman–Crippen MR) is 83.4 cm³/mol. The van der Waals surface area contributed by atoms with Gasteiger partial charge in [0.25, 0.3) is 0 Å². The summed E-state index contributed by atoms with van der Waals surface area (Å²) in [5, 5.41) is 0. The van der Waals surface area contributed by atoms with Gasteiger partial charge in [-0.05, 0) is 44.0 Å². The zero-order valence-electron chi connectivity index (χ0n) is 14.2. The number of methoxy groups -OCH3 is 1. The van der Waals surface area contributed by atoms with Gasteiger partial charge in [0, 0.05) is 5.41 Å². The zero-order valence-corrected chi connectivity index (χ0v) is 14.2. The lowest BCUT2D eigenvalue weighted by molar-refractivity contribution is -0.176. The van der Waals surface area contributed by atoms with Crippen LogP contribution >= 0.6 is 0 Å². The Hall–Kier alpha value is -2.37. The van der Waals surface area contributed by atoms with Crippen LogP contribution in [0.3, 0.4) is 0 Å². The topological polar surface area (TPSA) is 78.9 Å². The first-order valence-corrected chi connectivity index (χ1v) is 7.82. The maximum atomic E-state index is 12.8. The molecule has 6 heteroatoms. The summed E-state index contributed by atoms with van der Waals surface area (Å²) in [7, 11) is 1.29. The molecule has 24 heavy (non-hydrogen) atoms. The van der Waals surface area contributed by atoms with Gasteiger partial charge in [-0.1, -0.05) is 13.8 Å². The number of esters is 3. The first-order valence-electron chi connectivity index (χ1n) is 7.82. The van der Waals surface area contributed by atoms with E-state index in [9.17, 15) is 14.4 Å². The number of benzene rings is 1. The third kappa shape index (κ3) is 1.92. The molecule has 3 rings (SSSR count). The van der Waals surface area contributed by atoms with Crippen molar-refractivity contribution >= 4 is 17.9 Å². The monoisotopic (exact) mass is 332 g/mol. The van der Waals surface area contributed by atoms with Gasteiger partial charge in [-0.2, -0.15) is 0 Å². The summed E-state index contributed by atoms with van der Waals surface area (Å²) in [5.41, 5.74) is -2.24. The number of carbonyl (C=O) groups excluding carboxylic acids is 3. The molecule has 1 aromatic rings. The second-order valence-corrected chi connectivity index (χ2v) is 7.08. The van der Waals surface area contributed by atoms with Gasteiger partial charge in [-0.25, -0.2) is 9.59 Å². The van der Waals surface area contributed by atoms with Crippen LogP contribution in [-0.4, -0.2) is 30.6 Å². The van der Waals surface area contributed by atoms with Gasteiger partial charge in [0.2, 0.25) is 5.60 Å². The quantitative estimate of drug-likeness (QED) is 0.625. The number of ether oxygens (including phenoxy) is 3. The Bertz CT molecular complexity index is 720. The molecule has 0 N–H and O–H groups in total. The molecule has 1 heterocycles. The van der Waals surface area contributed by atoms with Crippen LogP contribution in [0.4, 0.5) is 0 Å². The smallest absolute Gasteiger partial charge is 0.356 e. The second kappa shape index (κ2) is 5.06. The summed E-state index contributed by atoms with van der Waals surface area (Å²) < 4.78 is 15.6. The maximum absolute atomic E-state index is 12.8. The SMILES string of the molecule is COC(=O)c1ccc(OC(=O)[C@]23CC[C@@](C)(C(=O)O2)C3(C)C)cc1. The van der Waals surface area contributed by atoms with E-state index in [1.165, 1.54) is 31.4 Å². The highest BCUT2D eigenvalue weighted by Gasteiger charge is 2.76. The van der Waals surface area contributed by atoms with E-state index in [1.54, 1.807) is 0 Å². The standard InChI is InChI=1S/C18H20O6/c1-16(2)17(3)9-10-18(16,24-14(17)20)15(21)23-12-7-5-11(6-8-12)13(19)22-4/h5-8H,9-10H2,1-4H3/t17-,18-/m0/s1. The van der Waals surface area contributed by atoms with E-state index in [4.69, 9.17) is 9.47 Å². The maximum Gasteiger partial charge on any atom is 0.356 e. The largest absolute Gasteiger partial charge is 0.465 e. The van der Waals surface area contributed by atoms with E-state index in [1.807, 2.05) is 20.8 Å². The van der Waals surface area contributed by atoms with Gasteiger partial charge >= 0.3 is 17.9 Å². The van der Waals surface area contributed by atoms with Crippen LogP contribution in [0.15, 0.2) is 24.3 Å². The summed E-state index contributed by atoms with van der Waals surface area (Å²) in [6.07, 6.45) is 1.04. The number of fused-ring (bicyclic) bond motifs is 2. The Balaban J connectivity index is 1.83.